The highest BCUT2D eigenvalue weighted by atomic mass is 16.5. The molecule has 0 aliphatic carbocycles. The molecular weight excluding hydrogens is 280 g/mol. The highest BCUT2D eigenvalue weighted by Gasteiger charge is 2.23. The third kappa shape index (κ3) is 3.39. The Balaban J connectivity index is 1.53. The van der Waals surface area contributed by atoms with Gasteiger partial charge in [-0.3, -0.25) is 4.90 Å². The molecule has 2 heterocycles. The minimum absolute atomic E-state index is 0.563. The first-order valence-electron chi connectivity index (χ1n) is 7.61. The van der Waals surface area contributed by atoms with E-state index in [-0.39, 0.29) is 0 Å². The molecule has 3 rings (SSSR count). The number of piperidine rings is 1. The molecule has 118 valence electrons. The second-order valence-corrected chi connectivity index (χ2v) is 5.68. The first kappa shape index (κ1) is 14.8. The van der Waals surface area contributed by atoms with Gasteiger partial charge in [-0.2, -0.15) is 4.98 Å². The van der Waals surface area contributed by atoms with Crippen molar-refractivity contribution < 1.29 is 9.26 Å². The maximum Gasteiger partial charge on any atom is 0.213 e. The van der Waals surface area contributed by atoms with Crippen LogP contribution < -0.4 is 9.64 Å². The van der Waals surface area contributed by atoms with Crippen molar-refractivity contribution >= 4 is 5.69 Å². The van der Waals surface area contributed by atoms with Crippen LogP contribution in [0.2, 0.25) is 0 Å². The Kier molecular flexibility index (Phi) is 4.58. The summed E-state index contributed by atoms with van der Waals surface area (Å²) >= 11 is 0. The lowest BCUT2D eigenvalue weighted by Gasteiger charge is -2.37. The van der Waals surface area contributed by atoms with Crippen LogP contribution >= 0.6 is 0 Å². The summed E-state index contributed by atoms with van der Waals surface area (Å²) in [6.45, 7) is 2.87. The number of methoxy groups -OCH3 is 1. The van der Waals surface area contributed by atoms with E-state index in [9.17, 15) is 0 Å². The van der Waals surface area contributed by atoms with Gasteiger partial charge >= 0.3 is 0 Å². The molecule has 0 saturated carbocycles. The summed E-state index contributed by atoms with van der Waals surface area (Å²) in [4.78, 5) is 8.83. The zero-order valence-electron chi connectivity index (χ0n) is 13.1. The van der Waals surface area contributed by atoms with Crippen LogP contribution in [0.3, 0.4) is 0 Å². The van der Waals surface area contributed by atoms with E-state index in [1.807, 2.05) is 12.1 Å². The van der Waals surface area contributed by atoms with E-state index in [2.05, 4.69) is 39.1 Å². The van der Waals surface area contributed by atoms with Crippen molar-refractivity contribution in [2.45, 2.75) is 25.4 Å². The number of ether oxygens (including phenoxy) is 1. The van der Waals surface area contributed by atoms with Gasteiger partial charge in [-0.1, -0.05) is 5.16 Å². The fourth-order valence-corrected chi connectivity index (χ4v) is 2.97. The number of hydrogen-bond acceptors (Lipinski definition) is 6. The van der Waals surface area contributed by atoms with E-state index < -0.39 is 0 Å². The van der Waals surface area contributed by atoms with Crippen molar-refractivity contribution in [3.63, 3.8) is 0 Å². The molecule has 1 fully saturated rings. The molecule has 0 N–H and O–H groups in total. The normalized spacial score (nSPS) is 16.2. The van der Waals surface area contributed by atoms with Crippen LogP contribution in [0.25, 0.3) is 0 Å². The molecule has 1 aliphatic heterocycles. The predicted octanol–water partition coefficient (Wildman–Crippen LogP) is 2.18. The van der Waals surface area contributed by atoms with Gasteiger partial charge in [0.2, 0.25) is 6.39 Å². The fraction of sp³-hybridized carbons (Fsp3) is 0.500. The van der Waals surface area contributed by atoms with Crippen LogP contribution in [0.4, 0.5) is 5.69 Å². The molecule has 1 aromatic carbocycles. The zero-order chi connectivity index (χ0) is 15.4. The summed E-state index contributed by atoms with van der Waals surface area (Å²) < 4.78 is 10.0. The SMILES string of the molecule is COc1ccc(N2CCC(N(C)Cc3ncon3)CC2)cc1. The summed E-state index contributed by atoms with van der Waals surface area (Å²) in [5.74, 6) is 1.65. The van der Waals surface area contributed by atoms with Crippen molar-refractivity contribution in [3.05, 3.63) is 36.5 Å². The van der Waals surface area contributed by atoms with Crippen molar-refractivity contribution in [1.29, 1.82) is 0 Å². The molecule has 1 saturated heterocycles. The van der Waals surface area contributed by atoms with Crippen LogP contribution in [0.15, 0.2) is 35.2 Å². The highest BCUT2D eigenvalue weighted by molar-refractivity contribution is 5.49. The van der Waals surface area contributed by atoms with E-state index in [0.29, 0.717) is 6.04 Å². The zero-order valence-corrected chi connectivity index (χ0v) is 13.1. The van der Waals surface area contributed by atoms with Crippen molar-refractivity contribution in [1.82, 2.24) is 15.0 Å². The average molecular weight is 302 g/mol. The number of nitrogens with zero attached hydrogens (tertiary/aromatic N) is 4. The molecule has 0 atom stereocenters. The second-order valence-electron chi connectivity index (χ2n) is 5.68. The van der Waals surface area contributed by atoms with Gasteiger partial charge in [0.1, 0.15) is 5.75 Å². The van der Waals surface area contributed by atoms with Crippen molar-refractivity contribution in [3.8, 4) is 5.75 Å². The van der Waals surface area contributed by atoms with Crippen LogP contribution in [0.1, 0.15) is 18.7 Å². The maximum absolute atomic E-state index is 5.21. The van der Waals surface area contributed by atoms with Gasteiger partial charge < -0.3 is 14.2 Å². The second kappa shape index (κ2) is 6.79. The third-order valence-corrected chi connectivity index (χ3v) is 4.32. The number of hydrogen-bond donors (Lipinski definition) is 0. The van der Waals surface area contributed by atoms with Gasteiger partial charge in [0.15, 0.2) is 5.82 Å². The largest absolute Gasteiger partial charge is 0.497 e. The molecule has 2 aromatic rings. The monoisotopic (exact) mass is 302 g/mol. The minimum atomic E-state index is 0.563. The summed E-state index contributed by atoms with van der Waals surface area (Å²) in [5, 5.41) is 3.88. The van der Waals surface area contributed by atoms with Crippen LogP contribution in [0, 0.1) is 0 Å². The fourth-order valence-electron chi connectivity index (χ4n) is 2.97. The van der Waals surface area contributed by atoms with Gasteiger partial charge in [0, 0.05) is 24.8 Å². The van der Waals surface area contributed by atoms with Gasteiger partial charge in [0.05, 0.1) is 13.7 Å². The lowest BCUT2D eigenvalue weighted by Crippen LogP contribution is -2.43. The number of anilines is 1. The van der Waals surface area contributed by atoms with E-state index in [1.165, 1.54) is 12.1 Å². The quantitative estimate of drug-likeness (QED) is 0.844. The smallest absolute Gasteiger partial charge is 0.213 e. The van der Waals surface area contributed by atoms with Crippen molar-refractivity contribution in [2.24, 2.45) is 0 Å². The molecular formula is C16H22N4O2. The Hall–Kier alpha value is -2.08. The molecule has 0 amide bonds. The molecule has 6 nitrogen and oxygen atoms in total. The Bertz CT molecular complexity index is 562. The Morgan fingerprint density at radius 2 is 2.00 bits per heavy atom. The van der Waals surface area contributed by atoms with E-state index in [0.717, 1.165) is 44.0 Å². The van der Waals surface area contributed by atoms with Crippen LogP contribution in [-0.2, 0) is 6.54 Å². The average Bonchev–Trinajstić information content (AvgIpc) is 3.08. The Morgan fingerprint density at radius 1 is 1.27 bits per heavy atom. The molecule has 0 radical (unpaired) electrons. The third-order valence-electron chi connectivity index (χ3n) is 4.32. The highest BCUT2D eigenvalue weighted by Crippen LogP contribution is 2.24. The molecule has 0 unspecified atom stereocenters. The lowest BCUT2D eigenvalue weighted by atomic mass is 10.0. The number of benzene rings is 1. The standard InChI is InChI=1S/C16H22N4O2/c1-19(11-16-17-12-22-18-16)13-7-9-20(10-8-13)14-3-5-15(21-2)6-4-14/h3-6,12-13H,7-11H2,1-2H3. The molecule has 1 aliphatic rings. The van der Waals surface area contributed by atoms with E-state index in [1.54, 1.807) is 7.11 Å². The topological polar surface area (TPSA) is 54.6 Å². The maximum atomic E-state index is 5.21. The first-order chi connectivity index (χ1) is 10.8. The molecule has 0 bridgehead atoms. The van der Waals surface area contributed by atoms with Gasteiger partial charge in [-0.15, -0.1) is 0 Å². The minimum Gasteiger partial charge on any atom is -0.497 e. The van der Waals surface area contributed by atoms with Crippen LogP contribution in [0.5, 0.6) is 5.75 Å². The van der Waals surface area contributed by atoms with Gasteiger partial charge in [0.25, 0.3) is 0 Å². The van der Waals surface area contributed by atoms with Crippen molar-refractivity contribution in [2.75, 3.05) is 32.1 Å². The lowest BCUT2D eigenvalue weighted by molar-refractivity contribution is 0.194. The van der Waals surface area contributed by atoms with Crippen LogP contribution in [-0.4, -0.2) is 48.3 Å². The van der Waals surface area contributed by atoms with E-state index >= 15 is 0 Å². The number of aromatic nitrogens is 2. The molecule has 6 heteroatoms. The Morgan fingerprint density at radius 3 is 2.59 bits per heavy atom. The van der Waals surface area contributed by atoms with E-state index in [4.69, 9.17) is 9.26 Å². The summed E-state index contributed by atoms with van der Waals surface area (Å²) in [6, 6.07) is 8.85. The predicted molar refractivity (Wildman–Crippen MR) is 84.0 cm³/mol. The summed E-state index contributed by atoms with van der Waals surface area (Å²) in [7, 11) is 3.82. The molecule has 1 aromatic heterocycles. The van der Waals surface area contributed by atoms with Gasteiger partial charge in [-0.25, -0.2) is 0 Å². The summed E-state index contributed by atoms with van der Waals surface area (Å²) in [5.41, 5.74) is 1.26. The van der Waals surface area contributed by atoms with Gasteiger partial charge in [-0.05, 0) is 44.2 Å². The molecule has 22 heavy (non-hydrogen) atoms. The first-order valence-corrected chi connectivity index (χ1v) is 7.61. The Labute approximate surface area is 130 Å². The summed E-state index contributed by atoms with van der Waals surface area (Å²) in [6.07, 6.45) is 3.66. The number of rotatable bonds is 5. The molecule has 0 spiro atoms.